The van der Waals surface area contributed by atoms with E-state index in [4.69, 9.17) is 10.7 Å². The first kappa shape index (κ1) is 9.94. The van der Waals surface area contributed by atoms with E-state index >= 15 is 0 Å². The Morgan fingerprint density at radius 2 is 2.21 bits per heavy atom. The van der Waals surface area contributed by atoms with Crippen molar-refractivity contribution in [3.05, 3.63) is 36.0 Å². The normalized spacial score (nSPS) is 13.3. The van der Waals surface area contributed by atoms with Crippen LogP contribution in [0.15, 0.2) is 30.5 Å². The summed E-state index contributed by atoms with van der Waals surface area (Å²) in [6.07, 6.45) is 3.09. The Morgan fingerprint density at radius 3 is 3.00 bits per heavy atom. The van der Waals surface area contributed by atoms with E-state index in [2.05, 4.69) is 36.3 Å². The highest BCUT2D eigenvalue weighted by Crippen LogP contribution is 2.24. The summed E-state index contributed by atoms with van der Waals surface area (Å²) < 4.78 is 0. The van der Waals surface area contributed by atoms with Crippen molar-refractivity contribution in [2.45, 2.75) is 18.6 Å². The molecule has 1 unspecified atom stereocenters. The zero-order chi connectivity index (χ0) is 9.97. The van der Waals surface area contributed by atoms with Crippen molar-refractivity contribution in [2.75, 3.05) is 0 Å². The van der Waals surface area contributed by atoms with Gasteiger partial charge in [-0.2, -0.15) is 0 Å². The number of fused-ring (bicyclic) bond motifs is 1. The number of hydrogen-bond donors (Lipinski definition) is 1. The van der Waals surface area contributed by atoms with Crippen molar-refractivity contribution < 1.29 is 0 Å². The Morgan fingerprint density at radius 1 is 1.43 bits per heavy atom. The van der Waals surface area contributed by atoms with Gasteiger partial charge in [0.25, 0.3) is 0 Å². The lowest BCUT2D eigenvalue weighted by molar-refractivity contribution is 0.956. The molecule has 14 heavy (non-hydrogen) atoms. The largest absolute Gasteiger partial charge is 0.361 e. The molecule has 1 aromatic heterocycles. The van der Waals surface area contributed by atoms with Crippen molar-refractivity contribution >= 4 is 32.6 Å². The number of para-hydroxylation sites is 1. The van der Waals surface area contributed by atoms with Gasteiger partial charge in [-0.1, -0.05) is 36.1 Å². The second kappa shape index (κ2) is 4.28. The monoisotopic (exact) mass is 225 g/mol. The maximum atomic E-state index is 5.73. The molecule has 0 saturated carbocycles. The van der Waals surface area contributed by atoms with Gasteiger partial charge in [0.2, 0.25) is 0 Å². The van der Waals surface area contributed by atoms with Crippen LogP contribution >= 0.6 is 21.7 Å². The number of hydrogen-bond acceptors (Lipinski definition) is 1. The number of rotatable bonds is 3. The lowest BCUT2D eigenvalue weighted by Crippen LogP contribution is -1.97. The molecular weight excluding hydrogens is 214 g/mol. The van der Waals surface area contributed by atoms with Gasteiger partial charge in [0, 0.05) is 22.3 Å². The molecule has 74 valence electrons. The Balaban J connectivity index is 2.33. The topological polar surface area (TPSA) is 15.8 Å². The van der Waals surface area contributed by atoms with E-state index < -0.39 is 0 Å². The van der Waals surface area contributed by atoms with Crippen LogP contribution in [0.5, 0.6) is 0 Å². The number of benzene rings is 1. The molecule has 0 spiro atoms. The third-order valence-electron chi connectivity index (χ3n) is 2.33. The highest BCUT2D eigenvalue weighted by atomic mass is 35.7. The Labute approximate surface area is 92.3 Å². The average Bonchev–Trinajstić information content (AvgIpc) is 2.62. The molecule has 2 aromatic rings. The van der Waals surface area contributed by atoms with Gasteiger partial charge in [0.05, 0.1) is 0 Å². The maximum Gasteiger partial charge on any atom is 0.0456 e. The summed E-state index contributed by atoms with van der Waals surface area (Å²) in [6, 6.07) is 8.35. The molecule has 0 bridgehead atoms. The molecule has 0 radical (unpaired) electrons. The van der Waals surface area contributed by atoms with Crippen molar-refractivity contribution in [3.8, 4) is 0 Å². The quantitative estimate of drug-likeness (QED) is 0.836. The molecule has 0 saturated heterocycles. The minimum absolute atomic E-state index is 0.455. The summed E-state index contributed by atoms with van der Waals surface area (Å²) in [7, 11) is 7.12. The third kappa shape index (κ3) is 1.91. The number of aromatic nitrogens is 1. The van der Waals surface area contributed by atoms with Crippen LogP contribution in [0.3, 0.4) is 0 Å². The van der Waals surface area contributed by atoms with Gasteiger partial charge in [0.1, 0.15) is 0 Å². The second-order valence-corrected chi connectivity index (χ2v) is 4.98. The molecule has 1 N–H and O–H groups in total. The van der Waals surface area contributed by atoms with Crippen LogP contribution in [0.25, 0.3) is 10.9 Å². The molecule has 1 heterocycles. The summed E-state index contributed by atoms with van der Waals surface area (Å²) >= 11 is 0. The van der Waals surface area contributed by atoms with Gasteiger partial charge in [0.15, 0.2) is 0 Å². The van der Waals surface area contributed by atoms with E-state index in [0.29, 0.717) is 5.25 Å². The van der Waals surface area contributed by atoms with E-state index in [-0.39, 0.29) is 0 Å². The molecule has 2 rings (SSSR count). The predicted octanol–water partition coefficient (Wildman–Crippen LogP) is 3.99. The first-order chi connectivity index (χ1) is 6.81. The van der Waals surface area contributed by atoms with Crippen LogP contribution in [0.4, 0.5) is 0 Å². The molecule has 0 fully saturated rings. The smallest absolute Gasteiger partial charge is 0.0456 e. The molecule has 1 atom stereocenters. The highest BCUT2D eigenvalue weighted by molar-refractivity contribution is 8.21. The van der Waals surface area contributed by atoms with Crippen LogP contribution in [-0.2, 0) is 6.42 Å². The summed E-state index contributed by atoms with van der Waals surface area (Å²) in [5, 5.41) is 1.76. The fraction of sp³-hybridized carbons (Fsp3) is 0.273. The molecule has 1 aromatic carbocycles. The van der Waals surface area contributed by atoms with Crippen LogP contribution < -0.4 is 0 Å². The molecule has 1 nitrogen and oxygen atoms in total. The van der Waals surface area contributed by atoms with Crippen LogP contribution in [0.1, 0.15) is 12.5 Å². The van der Waals surface area contributed by atoms with Crippen molar-refractivity contribution in [1.82, 2.24) is 4.98 Å². The lowest BCUT2D eigenvalue weighted by atomic mass is 10.1. The average molecular weight is 226 g/mol. The van der Waals surface area contributed by atoms with Gasteiger partial charge in [-0.3, -0.25) is 0 Å². The van der Waals surface area contributed by atoms with Gasteiger partial charge >= 0.3 is 0 Å². The van der Waals surface area contributed by atoms with Crippen LogP contribution in [-0.4, -0.2) is 10.2 Å². The van der Waals surface area contributed by atoms with Gasteiger partial charge in [-0.05, 0) is 28.7 Å². The van der Waals surface area contributed by atoms with E-state index in [0.717, 1.165) is 6.42 Å². The van der Waals surface area contributed by atoms with E-state index in [9.17, 15) is 0 Å². The molecule has 0 amide bonds. The van der Waals surface area contributed by atoms with E-state index in [1.54, 1.807) is 0 Å². The number of nitrogens with one attached hydrogen (secondary N) is 1. The molecule has 0 aliphatic rings. The van der Waals surface area contributed by atoms with Gasteiger partial charge < -0.3 is 4.98 Å². The van der Waals surface area contributed by atoms with E-state index in [1.165, 1.54) is 27.4 Å². The summed E-state index contributed by atoms with van der Waals surface area (Å²) in [6.45, 7) is 2.14. The summed E-state index contributed by atoms with van der Waals surface area (Å²) in [5.41, 5.74) is 2.55. The fourth-order valence-electron chi connectivity index (χ4n) is 1.64. The number of aromatic amines is 1. The van der Waals surface area contributed by atoms with Gasteiger partial charge in [-0.15, -0.1) is 0 Å². The summed E-state index contributed by atoms with van der Waals surface area (Å²) in [5.74, 6) is 0. The highest BCUT2D eigenvalue weighted by Gasteiger charge is 2.07. The Bertz CT molecular complexity index is 424. The van der Waals surface area contributed by atoms with Crippen molar-refractivity contribution in [2.24, 2.45) is 0 Å². The minimum Gasteiger partial charge on any atom is -0.361 e. The van der Waals surface area contributed by atoms with Gasteiger partial charge in [-0.25, -0.2) is 0 Å². The summed E-state index contributed by atoms with van der Waals surface area (Å²) in [4.78, 5) is 3.27. The van der Waals surface area contributed by atoms with Crippen LogP contribution in [0, 0.1) is 0 Å². The standard InChI is InChI=1S/C11H12ClNS/c1-8(14-12)6-9-7-13-11-5-3-2-4-10(9)11/h2-5,7-8,13H,6H2,1H3. The third-order valence-corrected chi connectivity index (χ3v) is 3.72. The zero-order valence-electron chi connectivity index (χ0n) is 7.96. The Hall–Kier alpha value is -0.600. The van der Waals surface area contributed by atoms with Crippen molar-refractivity contribution in [1.29, 1.82) is 0 Å². The Kier molecular flexibility index (Phi) is 3.04. The predicted molar refractivity (Wildman–Crippen MR) is 64.9 cm³/mol. The fourth-order valence-corrected chi connectivity index (χ4v) is 2.07. The van der Waals surface area contributed by atoms with Crippen LogP contribution in [0.2, 0.25) is 0 Å². The number of halogens is 1. The molecule has 0 aliphatic heterocycles. The molecule has 0 aliphatic carbocycles. The number of H-pyrrole nitrogens is 1. The maximum absolute atomic E-state index is 5.73. The first-order valence-electron chi connectivity index (χ1n) is 4.63. The minimum atomic E-state index is 0.455. The van der Waals surface area contributed by atoms with Crippen molar-refractivity contribution in [3.63, 3.8) is 0 Å². The molecule has 3 heteroatoms. The van der Waals surface area contributed by atoms with E-state index in [1.807, 2.05) is 6.07 Å². The lowest BCUT2D eigenvalue weighted by Gasteiger charge is -2.04. The zero-order valence-corrected chi connectivity index (χ0v) is 9.53. The molecular formula is C11H12ClNS. The first-order valence-corrected chi connectivity index (χ1v) is 6.34. The second-order valence-electron chi connectivity index (χ2n) is 3.46. The SMILES string of the molecule is CC(Cc1c[nH]c2ccccc12)SCl.